The fourth-order valence-corrected chi connectivity index (χ4v) is 2.94. The molecule has 4 nitrogen and oxygen atoms in total. The van der Waals surface area contributed by atoms with Crippen molar-refractivity contribution in [1.29, 1.82) is 0 Å². The molecule has 0 aliphatic heterocycles. The zero-order valence-electron chi connectivity index (χ0n) is 11.1. The highest BCUT2D eigenvalue weighted by Crippen LogP contribution is 2.32. The van der Waals surface area contributed by atoms with Crippen molar-refractivity contribution in [2.75, 3.05) is 18.8 Å². The summed E-state index contributed by atoms with van der Waals surface area (Å²) in [6, 6.07) is 3.71. The summed E-state index contributed by atoms with van der Waals surface area (Å²) in [6.45, 7) is 8.89. The van der Waals surface area contributed by atoms with Gasteiger partial charge in [-0.3, -0.25) is 4.79 Å². The minimum atomic E-state index is -0.0500. The molecule has 0 saturated carbocycles. The second-order valence-electron chi connectivity index (χ2n) is 4.48. The van der Waals surface area contributed by atoms with Crippen molar-refractivity contribution < 1.29 is 4.79 Å². The number of amides is 1. The van der Waals surface area contributed by atoms with Crippen LogP contribution in [0.25, 0.3) is 10.2 Å². The van der Waals surface area contributed by atoms with Gasteiger partial charge in [0, 0.05) is 24.7 Å². The lowest BCUT2D eigenvalue weighted by Gasteiger charge is -2.20. The maximum absolute atomic E-state index is 12.5. The van der Waals surface area contributed by atoms with Gasteiger partial charge >= 0.3 is 0 Å². The molecule has 0 fully saturated rings. The van der Waals surface area contributed by atoms with E-state index in [4.69, 9.17) is 5.73 Å². The molecule has 2 N–H and O–H groups in total. The summed E-state index contributed by atoms with van der Waals surface area (Å²) in [5, 5.41) is 0.849. The van der Waals surface area contributed by atoms with Crippen LogP contribution in [-0.4, -0.2) is 28.9 Å². The molecule has 0 atom stereocenters. The Morgan fingerprint density at radius 1 is 1.58 bits per heavy atom. The van der Waals surface area contributed by atoms with Gasteiger partial charge in [0.1, 0.15) is 9.71 Å². The number of rotatable bonds is 4. The van der Waals surface area contributed by atoms with Crippen molar-refractivity contribution in [2.24, 2.45) is 0 Å². The molecule has 2 aromatic heterocycles. The third-order valence-electron chi connectivity index (χ3n) is 2.83. The highest BCUT2D eigenvalue weighted by molar-refractivity contribution is 7.21. The molecule has 2 aromatic rings. The summed E-state index contributed by atoms with van der Waals surface area (Å²) in [5.74, 6) is -0.0500. The van der Waals surface area contributed by atoms with Crippen LogP contribution in [0.1, 0.15) is 23.5 Å². The number of nitrogens with two attached hydrogens (primary N) is 1. The van der Waals surface area contributed by atoms with E-state index in [9.17, 15) is 4.79 Å². The normalized spacial score (nSPS) is 10.6. The molecule has 100 valence electrons. The molecule has 0 unspecified atom stereocenters. The Bertz CT molecular complexity index is 633. The van der Waals surface area contributed by atoms with Crippen LogP contribution in [0.3, 0.4) is 0 Å². The van der Waals surface area contributed by atoms with Gasteiger partial charge in [0.2, 0.25) is 0 Å². The maximum atomic E-state index is 12.5. The van der Waals surface area contributed by atoms with Crippen LogP contribution in [0, 0.1) is 0 Å². The number of thiophene rings is 1. The Balaban J connectivity index is 2.40. The SMILES string of the molecule is C=C(C)CN(CC)C(=O)c1sc2ncccc2c1N. The number of fused-ring (bicyclic) bond motifs is 1. The molecule has 0 aliphatic rings. The minimum Gasteiger partial charge on any atom is -0.397 e. The standard InChI is InChI=1S/C14H17N3OS/c1-4-17(8-9(2)3)14(18)12-11(15)10-6-5-7-16-13(10)19-12/h5-7H,2,4,8,15H2,1,3H3. The number of anilines is 1. The van der Waals surface area contributed by atoms with Crippen molar-refractivity contribution in [3.8, 4) is 0 Å². The van der Waals surface area contributed by atoms with Crippen LogP contribution in [0.5, 0.6) is 0 Å². The minimum absolute atomic E-state index is 0.0500. The number of carbonyl (C=O) groups is 1. The van der Waals surface area contributed by atoms with Crippen molar-refractivity contribution in [2.45, 2.75) is 13.8 Å². The smallest absolute Gasteiger partial charge is 0.266 e. The monoisotopic (exact) mass is 275 g/mol. The van der Waals surface area contributed by atoms with Gasteiger partial charge < -0.3 is 10.6 Å². The number of pyridine rings is 1. The van der Waals surface area contributed by atoms with Crippen LogP contribution in [0.2, 0.25) is 0 Å². The van der Waals surface area contributed by atoms with Crippen LogP contribution < -0.4 is 5.73 Å². The Labute approximate surface area is 116 Å². The number of likely N-dealkylation sites (N-methyl/N-ethyl adjacent to an activating group) is 1. The van der Waals surface area contributed by atoms with E-state index in [0.717, 1.165) is 15.8 Å². The lowest BCUT2D eigenvalue weighted by molar-refractivity contribution is 0.0784. The molecular weight excluding hydrogens is 258 g/mol. The summed E-state index contributed by atoms with van der Waals surface area (Å²) in [4.78, 5) is 19.8. The predicted molar refractivity (Wildman–Crippen MR) is 80.4 cm³/mol. The van der Waals surface area contributed by atoms with Gasteiger partial charge in [0.15, 0.2) is 0 Å². The topological polar surface area (TPSA) is 59.2 Å². The van der Waals surface area contributed by atoms with Gasteiger partial charge in [-0.15, -0.1) is 11.3 Å². The average molecular weight is 275 g/mol. The van der Waals surface area contributed by atoms with Gasteiger partial charge in [-0.05, 0) is 26.0 Å². The van der Waals surface area contributed by atoms with E-state index in [1.54, 1.807) is 11.1 Å². The first-order valence-electron chi connectivity index (χ1n) is 6.11. The highest BCUT2D eigenvalue weighted by Gasteiger charge is 2.21. The number of carbonyl (C=O) groups excluding carboxylic acids is 1. The first-order valence-corrected chi connectivity index (χ1v) is 6.92. The summed E-state index contributed by atoms with van der Waals surface area (Å²) in [6.07, 6.45) is 1.71. The fraction of sp³-hybridized carbons (Fsp3) is 0.286. The number of aromatic nitrogens is 1. The van der Waals surface area contributed by atoms with E-state index < -0.39 is 0 Å². The van der Waals surface area contributed by atoms with Crippen molar-refractivity contribution in [3.63, 3.8) is 0 Å². The van der Waals surface area contributed by atoms with Crippen LogP contribution in [0.15, 0.2) is 30.5 Å². The van der Waals surface area contributed by atoms with E-state index >= 15 is 0 Å². The molecule has 0 spiro atoms. The summed E-state index contributed by atoms with van der Waals surface area (Å²) in [5.41, 5.74) is 7.54. The molecule has 0 aromatic carbocycles. The van der Waals surface area contributed by atoms with E-state index in [1.165, 1.54) is 11.3 Å². The van der Waals surface area contributed by atoms with Gasteiger partial charge in [-0.25, -0.2) is 4.98 Å². The van der Waals surface area contributed by atoms with Gasteiger partial charge in [-0.1, -0.05) is 12.2 Å². The molecule has 2 rings (SSSR count). The molecule has 19 heavy (non-hydrogen) atoms. The van der Waals surface area contributed by atoms with E-state index in [-0.39, 0.29) is 5.91 Å². The Kier molecular flexibility index (Phi) is 3.85. The quantitative estimate of drug-likeness (QED) is 0.873. The summed E-state index contributed by atoms with van der Waals surface area (Å²) >= 11 is 1.35. The van der Waals surface area contributed by atoms with Gasteiger partial charge in [-0.2, -0.15) is 0 Å². The third kappa shape index (κ3) is 2.61. The lowest BCUT2D eigenvalue weighted by Crippen LogP contribution is -2.32. The second kappa shape index (κ2) is 5.40. The first kappa shape index (κ1) is 13.5. The fourth-order valence-electron chi connectivity index (χ4n) is 1.91. The first-order chi connectivity index (χ1) is 9.04. The van der Waals surface area contributed by atoms with Gasteiger partial charge in [0.05, 0.1) is 5.69 Å². The zero-order valence-corrected chi connectivity index (χ0v) is 12.0. The van der Waals surface area contributed by atoms with Crippen molar-refractivity contribution >= 4 is 33.1 Å². The zero-order chi connectivity index (χ0) is 14.0. The van der Waals surface area contributed by atoms with Crippen LogP contribution in [-0.2, 0) is 0 Å². The van der Waals surface area contributed by atoms with E-state index in [0.29, 0.717) is 23.7 Å². The van der Waals surface area contributed by atoms with Crippen molar-refractivity contribution in [1.82, 2.24) is 9.88 Å². The molecule has 1 amide bonds. The number of nitrogens with zero attached hydrogens (tertiary/aromatic N) is 2. The summed E-state index contributed by atoms with van der Waals surface area (Å²) < 4.78 is 0. The lowest BCUT2D eigenvalue weighted by atomic mass is 10.2. The molecule has 0 saturated heterocycles. The molecular formula is C14H17N3OS. The largest absolute Gasteiger partial charge is 0.397 e. The van der Waals surface area contributed by atoms with Crippen LogP contribution >= 0.6 is 11.3 Å². The number of hydrogen-bond acceptors (Lipinski definition) is 4. The van der Waals surface area contributed by atoms with Gasteiger partial charge in [0.25, 0.3) is 5.91 Å². The Hall–Kier alpha value is -1.88. The van der Waals surface area contributed by atoms with Crippen molar-refractivity contribution in [3.05, 3.63) is 35.4 Å². The Morgan fingerprint density at radius 2 is 2.32 bits per heavy atom. The molecule has 0 aliphatic carbocycles. The van der Waals surface area contributed by atoms with E-state index in [2.05, 4.69) is 11.6 Å². The third-order valence-corrected chi connectivity index (χ3v) is 3.95. The van der Waals surface area contributed by atoms with E-state index in [1.807, 2.05) is 26.0 Å². The summed E-state index contributed by atoms with van der Waals surface area (Å²) in [7, 11) is 0. The second-order valence-corrected chi connectivity index (χ2v) is 5.48. The molecule has 2 heterocycles. The molecule has 5 heteroatoms. The number of nitrogen functional groups attached to an aromatic ring is 1. The number of hydrogen-bond donors (Lipinski definition) is 1. The molecule has 0 bridgehead atoms. The highest BCUT2D eigenvalue weighted by atomic mass is 32.1. The Morgan fingerprint density at radius 3 is 2.89 bits per heavy atom. The average Bonchev–Trinajstić information content (AvgIpc) is 2.73. The van der Waals surface area contributed by atoms with Crippen LogP contribution in [0.4, 0.5) is 5.69 Å². The molecule has 0 radical (unpaired) electrons. The predicted octanol–water partition coefficient (Wildman–Crippen LogP) is 2.92. The maximum Gasteiger partial charge on any atom is 0.266 e.